The molecule has 0 radical (unpaired) electrons. The molecule has 5 nitrogen and oxygen atoms in total. The number of nitrogen functional groups attached to an aromatic ring is 1. The second kappa shape index (κ2) is 5.88. The summed E-state index contributed by atoms with van der Waals surface area (Å²) in [7, 11) is 0. The van der Waals surface area contributed by atoms with Gasteiger partial charge in [-0.25, -0.2) is 0 Å². The molecule has 2 aromatic rings. The number of amides is 1. The Morgan fingerprint density at radius 2 is 2.18 bits per heavy atom. The fourth-order valence-electron chi connectivity index (χ4n) is 2.47. The molecule has 1 aliphatic rings. The highest BCUT2D eigenvalue weighted by atomic mass is 32.1. The topological polar surface area (TPSA) is 80.9 Å². The number of aryl methyl sites for hydroxylation is 2. The zero-order chi connectivity index (χ0) is 15.7. The molecule has 0 bridgehead atoms. The molecular formula is C16H18N4OS. The molecule has 0 unspecified atom stereocenters. The van der Waals surface area contributed by atoms with Gasteiger partial charge in [0.05, 0.1) is 11.4 Å². The van der Waals surface area contributed by atoms with E-state index in [-0.39, 0.29) is 5.91 Å². The Kier molecular flexibility index (Phi) is 3.94. The summed E-state index contributed by atoms with van der Waals surface area (Å²) in [6.07, 6.45) is 8.42. The van der Waals surface area contributed by atoms with E-state index in [2.05, 4.69) is 33.7 Å². The van der Waals surface area contributed by atoms with Gasteiger partial charge >= 0.3 is 0 Å². The van der Waals surface area contributed by atoms with E-state index in [0.717, 1.165) is 35.1 Å². The Bertz CT molecular complexity index is 804. The van der Waals surface area contributed by atoms with Gasteiger partial charge in [0.2, 0.25) is 0 Å². The summed E-state index contributed by atoms with van der Waals surface area (Å²) in [6.45, 7) is 4.36. The second-order valence-corrected chi connectivity index (χ2v) is 6.38. The van der Waals surface area contributed by atoms with Crippen LogP contribution in [0.4, 0.5) is 5.69 Å². The first kappa shape index (κ1) is 14.7. The summed E-state index contributed by atoms with van der Waals surface area (Å²) in [4.78, 5) is 13.6. The number of nitrogens with two attached hydrogens (primary N) is 1. The smallest absolute Gasteiger partial charge is 0.263 e. The molecule has 0 aromatic carbocycles. The quantitative estimate of drug-likeness (QED) is 0.913. The van der Waals surface area contributed by atoms with E-state index >= 15 is 0 Å². The standard InChI is InChI=1S/C16H18N4OS/c1-9-10(2)19-20-16-12(9)13(17)14(22-16)15(21)18-8-11-6-4-3-5-7-11/h4,6-7H,3,5,8,17H2,1-2H3,(H,18,21). The van der Waals surface area contributed by atoms with Crippen LogP contribution in [0.25, 0.3) is 10.2 Å². The molecule has 1 aliphatic carbocycles. The minimum Gasteiger partial charge on any atom is -0.397 e. The van der Waals surface area contributed by atoms with Gasteiger partial charge in [-0.05, 0) is 37.8 Å². The lowest BCUT2D eigenvalue weighted by Gasteiger charge is -2.08. The van der Waals surface area contributed by atoms with Gasteiger partial charge in [-0.2, -0.15) is 5.10 Å². The lowest BCUT2D eigenvalue weighted by molar-refractivity contribution is 0.0962. The molecule has 114 valence electrons. The Hall–Kier alpha value is -2.21. The monoisotopic (exact) mass is 314 g/mol. The molecule has 3 rings (SSSR count). The number of nitrogens with zero attached hydrogens (tertiary/aromatic N) is 2. The van der Waals surface area contributed by atoms with E-state index in [9.17, 15) is 4.79 Å². The number of allylic oxidation sites excluding steroid dienone is 2. The average Bonchev–Trinajstić information content (AvgIpc) is 2.87. The zero-order valence-corrected chi connectivity index (χ0v) is 13.5. The van der Waals surface area contributed by atoms with Crippen molar-refractivity contribution >= 4 is 33.1 Å². The van der Waals surface area contributed by atoms with Crippen molar-refractivity contribution in [2.75, 3.05) is 12.3 Å². The minimum atomic E-state index is -0.155. The number of carbonyl (C=O) groups excluding carboxylic acids is 1. The van der Waals surface area contributed by atoms with Crippen LogP contribution in [0.2, 0.25) is 0 Å². The lowest BCUT2D eigenvalue weighted by Crippen LogP contribution is -2.25. The third-order valence-electron chi connectivity index (χ3n) is 3.87. The van der Waals surface area contributed by atoms with Crippen molar-refractivity contribution in [3.8, 4) is 0 Å². The van der Waals surface area contributed by atoms with Crippen molar-refractivity contribution in [1.29, 1.82) is 0 Å². The molecule has 0 aliphatic heterocycles. The highest BCUT2D eigenvalue weighted by Gasteiger charge is 2.19. The first-order valence-corrected chi connectivity index (χ1v) is 8.05. The van der Waals surface area contributed by atoms with Crippen LogP contribution in [0.1, 0.15) is 33.8 Å². The van der Waals surface area contributed by atoms with Gasteiger partial charge in [-0.1, -0.05) is 18.2 Å². The van der Waals surface area contributed by atoms with Crippen molar-refractivity contribution in [2.24, 2.45) is 0 Å². The maximum absolute atomic E-state index is 12.4. The van der Waals surface area contributed by atoms with Crippen molar-refractivity contribution in [3.05, 3.63) is 39.9 Å². The average molecular weight is 314 g/mol. The number of nitrogens with one attached hydrogen (secondary N) is 1. The van der Waals surface area contributed by atoms with Crippen LogP contribution in [0.3, 0.4) is 0 Å². The van der Waals surface area contributed by atoms with E-state index in [1.54, 1.807) is 0 Å². The van der Waals surface area contributed by atoms with Gasteiger partial charge in [0.1, 0.15) is 9.71 Å². The molecule has 0 saturated carbocycles. The number of anilines is 1. The molecule has 0 atom stereocenters. The van der Waals surface area contributed by atoms with E-state index in [0.29, 0.717) is 21.9 Å². The Morgan fingerprint density at radius 3 is 2.91 bits per heavy atom. The van der Waals surface area contributed by atoms with E-state index in [1.165, 1.54) is 11.3 Å². The summed E-state index contributed by atoms with van der Waals surface area (Å²) < 4.78 is 0. The van der Waals surface area contributed by atoms with Gasteiger partial charge in [-0.3, -0.25) is 4.79 Å². The summed E-state index contributed by atoms with van der Waals surface area (Å²) in [5.74, 6) is -0.155. The molecular weight excluding hydrogens is 296 g/mol. The number of carbonyl (C=O) groups is 1. The van der Waals surface area contributed by atoms with Crippen LogP contribution in [0, 0.1) is 13.8 Å². The van der Waals surface area contributed by atoms with E-state index < -0.39 is 0 Å². The van der Waals surface area contributed by atoms with Crippen LogP contribution in [0.5, 0.6) is 0 Å². The van der Waals surface area contributed by atoms with Gasteiger partial charge in [0, 0.05) is 11.9 Å². The Balaban J connectivity index is 1.85. The largest absolute Gasteiger partial charge is 0.397 e. The molecule has 22 heavy (non-hydrogen) atoms. The number of thiophene rings is 1. The lowest BCUT2D eigenvalue weighted by atomic mass is 10.1. The number of hydrogen-bond donors (Lipinski definition) is 2. The molecule has 3 N–H and O–H groups in total. The number of aromatic nitrogens is 2. The third-order valence-corrected chi connectivity index (χ3v) is 4.95. The van der Waals surface area contributed by atoms with Crippen LogP contribution in [-0.4, -0.2) is 22.6 Å². The van der Waals surface area contributed by atoms with E-state index in [1.807, 2.05) is 13.8 Å². The molecule has 2 aromatic heterocycles. The van der Waals surface area contributed by atoms with Gasteiger partial charge in [0.15, 0.2) is 0 Å². The third kappa shape index (κ3) is 2.62. The zero-order valence-electron chi connectivity index (χ0n) is 12.6. The second-order valence-electron chi connectivity index (χ2n) is 5.38. The summed E-state index contributed by atoms with van der Waals surface area (Å²) in [5.41, 5.74) is 9.62. The molecule has 1 amide bonds. The predicted molar refractivity (Wildman–Crippen MR) is 90.1 cm³/mol. The molecule has 0 spiro atoms. The van der Waals surface area contributed by atoms with Crippen LogP contribution >= 0.6 is 11.3 Å². The molecule has 2 heterocycles. The Morgan fingerprint density at radius 1 is 1.36 bits per heavy atom. The van der Waals surface area contributed by atoms with Gasteiger partial charge in [0.25, 0.3) is 5.91 Å². The summed E-state index contributed by atoms with van der Waals surface area (Å²) >= 11 is 1.29. The number of rotatable bonds is 3. The molecule has 6 heteroatoms. The minimum absolute atomic E-state index is 0.155. The number of hydrogen-bond acceptors (Lipinski definition) is 5. The van der Waals surface area contributed by atoms with Crippen LogP contribution < -0.4 is 11.1 Å². The maximum atomic E-state index is 12.4. The van der Waals surface area contributed by atoms with Gasteiger partial charge < -0.3 is 11.1 Å². The normalized spacial score (nSPS) is 14.2. The first-order chi connectivity index (χ1) is 10.6. The van der Waals surface area contributed by atoms with Crippen molar-refractivity contribution < 1.29 is 4.79 Å². The Labute approximate surface area is 132 Å². The number of fused-ring (bicyclic) bond motifs is 1. The van der Waals surface area contributed by atoms with Crippen molar-refractivity contribution in [2.45, 2.75) is 26.7 Å². The summed E-state index contributed by atoms with van der Waals surface area (Å²) in [6, 6.07) is 0. The fourth-order valence-corrected chi connectivity index (χ4v) is 3.49. The van der Waals surface area contributed by atoms with Crippen LogP contribution in [-0.2, 0) is 0 Å². The molecule has 0 saturated heterocycles. The highest BCUT2D eigenvalue weighted by Crippen LogP contribution is 2.34. The summed E-state index contributed by atoms with van der Waals surface area (Å²) in [5, 5.41) is 12.0. The SMILES string of the molecule is Cc1nnc2sc(C(=O)NCC3=CCCC=C3)c(N)c2c1C. The van der Waals surface area contributed by atoms with Gasteiger partial charge in [-0.15, -0.1) is 16.4 Å². The van der Waals surface area contributed by atoms with Crippen molar-refractivity contribution in [3.63, 3.8) is 0 Å². The maximum Gasteiger partial charge on any atom is 0.263 e. The van der Waals surface area contributed by atoms with Crippen molar-refractivity contribution in [1.82, 2.24) is 15.5 Å². The predicted octanol–water partition coefficient (Wildman–Crippen LogP) is 2.90. The molecule has 0 fully saturated rings. The van der Waals surface area contributed by atoms with Crippen LogP contribution in [0.15, 0.2) is 23.8 Å². The highest BCUT2D eigenvalue weighted by molar-refractivity contribution is 7.21. The van der Waals surface area contributed by atoms with E-state index in [4.69, 9.17) is 5.73 Å². The fraction of sp³-hybridized carbons (Fsp3) is 0.312. The first-order valence-electron chi connectivity index (χ1n) is 7.23.